The van der Waals surface area contributed by atoms with Crippen LogP contribution in [0.3, 0.4) is 0 Å². The minimum Gasteiger partial charge on any atom is -0.498 e. The number of aromatic nitrogens is 1. The molecule has 3 heterocycles. The zero-order valence-electron chi connectivity index (χ0n) is 21.3. The highest BCUT2D eigenvalue weighted by Gasteiger charge is 2.26. The average Bonchev–Trinajstić information content (AvgIpc) is 3.32. The fraction of sp³-hybridized carbons (Fsp3) is 0.667. The second-order valence-electron chi connectivity index (χ2n) is 9.71. The van der Waals surface area contributed by atoms with E-state index < -0.39 is 0 Å². The summed E-state index contributed by atoms with van der Waals surface area (Å²) in [6, 6.07) is 0.519. The Morgan fingerprint density at radius 1 is 1.21 bits per heavy atom. The van der Waals surface area contributed by atoms with Gasteiger partial charge in [-0.3, -0.25) is 0 Å². The topological polar surface area (TPSA) is 37.8 Å². The van der Waals surface area contributed by atoms with Crippen LogP contribution < -0.4 is 10.6 Å². The molecule has 3 rings (SSSR count). The third-order valence-electron chi connectivity index (χ3n) is 7.14. The third kappa shape index (κ3) is 6.57. The number of methoxy groups -OCH3 is 1. The molecule has 0 bridgehead atoms. The summed E-state index contributed by atoms with van der Waals surface area (Å²) < 4.78 is 26.8. The van der Waals surface area contributed by atoms with E-state index in [1.165, 1.54) is 25.9 Å². The van der Waals surface area contributed by atoms with Crippen LogP contribution in [0.2, 0.25) is 0 Å². The Morgan fingerprint density at radius 3 is 2.48 bits per heavy atom. The molecule has 6 heteroatoms. The molecule has 184 valence electrons. The molecule has 0 radical (unpaired) electrons. The van der Waals surface area contributed by atoms with E-state index in [0.29, 0.717) is 40.4 Å². The molecule has 2 aliphatic rings. The number of aryl methyl sites for hydroxylation is 1. The molecular formula is C27H42FN3O2. The van der Waals surface area contributed by atoms with Crippen molar-refractivity contribution < 1.29 is 13.9 Å². The maximum Gasteiger partial charge on any atom is 0.158 e. The summed E-state index contributed by atoms with van der Waals surface area (Å²) in [5.41, 5.74) is 1.14. The second-order valence-corrected chi connectivity index (χ2v) is 9.71. The zero-order chi connectivity index (χ0) is 24.0. The maximum absolute atomic E-state index is 15.2. The number of piperidine rings is 1. The van der Waals surface area contributed by atoms with Crippen LogP contribution in [0.25, 0.3) is 12.7 Å². The lowest BCUT2D eigenvalue weighted by Crippen LogP contribution is -2.41. The smallest absolute Gasteiger partial charge is 0.158 e. The van der Waals surface area contributed by atoms with E-state index >= 15 is 4.39 Å². The van der Waals surface area contributed by atoms with Crippen LogP contribution >= 0.6 is 0 Å². The predicted octanol–water partition coefficient (Wildman–Crippen LogP) is 3.69. The van der Waals surface area contributed by atoms with Crippen molar-refractivity contribution in [2.24, 2.45) is 0 Å². The molecule has 0 N–H and O–H groups in total. The summed E-state index contributed by atoms with van der Waals surface area (Å²) in [5, 5.41) is 1.34. The van der Waals surface area contributed by atoms with Crippen LogP contribution in [0.15, 0.2) is 11.5 Å². The molecule has 1 aromatic heterocycles. The van der Waals surface area contributed by atoms with E-state index in [1.54, 1.807) is 14.0 Å². The van der Waals surface area contributed by atoms with Crippen molar-refractivity contribution in [3.63, 3.8) is 0 Å². The van der Waals surface area contributed by atoms with E-state index in [2.05, 4.69) is 35.2 Å². The van der Waals surface area contributed by atoms with Gasteiger partial charge in [-0.25, -0.2) is 9.37 Å². The standard InChI is InChI=1S/C27H42FN3O2/c1-19(2)31-15-10-23(11-16-31)26-20(3)24(29-21(4)27(26)28)18-25(22(5)32-6)33-17-9-14-30-12-7-8-13-30/h18-19,23H,3,7-17H2,1-2,4-6H3/b24-18+,25-22-. The highest BCUT2D eigenvalue weighted by molar-refractivity contribution is 5.44. The van der Waals surface area contributed by atoms with Gasteiger partial charge in [0.25, 0.3) is 0 Å². The molecule has 2 saturated heterocycles. The van der Waals surface area contributed by atoms with Gasteiger partial charge in [-0.15, -0.1) is 0 Å². The Balaban J connectivity index is 1.81. The molecule has 0 aliphatic carbocycles. The van der Waals surface area contributed by atoms with Gasteiger partial charge in [-0.2, -0.15) is 0 Å². The van der Waals surface area contributed by atoms with Gasteiger partial charge in [0.2, 0.25) is 0 Å². The molecule has 0 aromatic carbocycles. The SMILES string of the molecule is C=c1c(C2CCN(C(C)C)CC2)c(F)c(C)n/c1=C/C(OCCCN1CCCC1)=C(\C)OC. The first-order chi connectivity index (χ1) is 15.8. The van der Waals surface area contributed by atoms with Crippen LogP contribution in [0.1, 0.15) is 70.1 Å². The number of rotatable bonds is 9. The van der Waals surface area contributed by atoms with Gasteiger partial charge in [0.1, 0.15) is 11.6 Å². The summed E-state index contributed by atoms with van der Waals surface area (Å²) in [6.07, 6.45) is 7.30. The minimum atomic E-state index is -0.208. The van der Waals surface area contributed by atoms with Crippen LogP contribution in [0, 0.1) is 12.7 Å². The molecule has 5 nitrogen and oxygen atoms in total. The normalized spacial score (nSPS) is 19.9. The number of nitrogens with zero attached hydrogens (tertiary/aromatic N) is 3. The van der Waals surface area contributed by atoms with Gasteiger partial charge in [0.15, 0.2) is 5.76 Å². The molecule has 0 saturated carbocycles. The highest BCUT2D eigenvalue weighted by Crippen LogP contribution is 2.28. The van der Waals surface area contributed by atoms with Gasteiger partial charge >= 0.3 is 0 Å². The zero-order valence-corrected chi connectivity index (χ0v) is 21.3. The van der Waals surface area contributed by atoms with Crippen molar-refractivity contribution in [3.8, 4) is 0 Å². The number of allylic oxidation sites excluding steroid dienone is 2. The lowest BCUT2D eigenvalue weighted by molar-refractivity contribution is 0.170. The van der Waals surface area contributed by atoms with Gasteiger partial charge < -0.3 is 19.3 Å². The molecule has 0 amide bonds. The van der Waals surface area contributed by atoms with Crippen molar-refractivity contribution in [1.29, 1.82) is 0 Å². The van der Waals surface area contributed by atoms with Crippen LogP contribution in [-0.4, -0.2) is 67.3 Å². The first-order valence-corrected chi connectivity index (χ1v) is 12.5. The van der Waals surface area contributed by atoms with Crippen LogP contribution in [0.4, 0.5) is 4.39 Å². The van der Waals surface area contributed by atoms with E-state index in [1.807, 2.05) is 13.0 Å². The lowest BCUT2D eigenvalue weighted by atomic mass is 9.87. The maximum atomic E-state index is 15.2. The second kappa shape index (κ2) is 12.0. The monoisotopic (exact) mass is 459 g/mol. The predicted molar refractivity (Wildman–Crippen MR) is 133 cm³/mol. The molecule has 1 aromatic rings. The summed E-state index contributed by atoms with van der Waals surface area (Å²) in [4.78, 5) is 9.47. The van der Waals surface area contributed by atoms with Gasteiger partial charge in [0, 0.05) is 24.2 Å². The third-order valence-corrected chi connectivity index (χ3v) is 7.14. The molecule has 2 aliphatic heterocycles. The Labute approximate surface area is 199 Å². The number of hydrogen-bond donors (Lipinski definition) is 0. The van der Waals surface area contributed by atoms with Crippen LogP contribution in [0.5, 0.6) is 0 Å². The fourth-order valence-corrected chi connectivity index (χ4v) is 4.96. The first kappa shape index (κ1) is 25.7. The van der Waals surface area contributed by atoms with E-state index in [-0.39, 0.29) is 11.7 Å². The molecule has 0 spiro atoms. The summed E-state index contributed by atoms with van der Waals surface area (Å²) >= 11 is 0. The van der Waals surface area contributed by atoms with Crippen molar-refractivity contribution in [3.05, 3.63) is 39.2 Å². The lowest BCUT2D eigenvalue weighted by Gasteiger charge is -2.35. The number of likely N-dealkylation sites (tertiary alicyclic amines) is 2. The number of pyridine rings is 1. The molecular weight excluding hydrogens is 417 g/mol. The van der Waals surface area contributed by atoms with Crippen molar-refractivity contribution in [1.82, 2.24) is 14.8 Å². The summed E-state index contributed by atoms with van der Waals surface area (Å²) in [7, 11) is 1.64. The highest BCUT2D eigenvalue weighted by atomic mass is 19.1. The Bertz CT molecular complexity index is 930. The van der Waals surface area contributed by atoms with Crippen molar-refractivity contribution >= 4 is 12.7 Å². The Hall–Kier alpha value is -1.92. The Morgan fingerprint density at radius 2 is 1.88 bits per heavy atom. The van der Waals surface area contributed by atoms with E-state index in [9.17, 15) is 0 Å². The largest absolute Gasteiger partial charge is 0.498 e. The van der Waals surface area contributed by atoms with E-state index in [0.717, 1.165) is 44.5 Å². The molecule has 0 unspecified atom stereocenters. The van der Waals surface area contributed by atoms with Gasteiger partial charge in [0.05, 0.1) is 24.8 Å². The first-order valence-electron chi connectivity index (χ1n) is 12.5. The number of hydrogen-bond acceptors (Lipinski definition) is 5. The van der Waals surface area contributed by atoms with Crippen molar-refractivity contribution in [2.45, 2.75) is 71.8 Å². The Kier molecular flexibility index (Phi) is 9.33. The summed E-state index contributed by atoms with van der Waals surface area (Å²) in [6.45, 7) is 18.3. The molecule has 0 atom stereocenters. The minimum absolute atomic E-state index is 0.165. The fourth-order valence-electron chi connectivity index (χ4n) is 4.96. The molecule has 33 heavy (non-hydrogen) atoms. The number of ether oxygens (including phenoxy) is 2. The van der Waals surface area contributed by atoms with E-state index in [4.69, 9.17) is 9.47 Å². The van der Waals surface area contributed by atoms with Crippen LogP contribution in [-0.2, 0) is 9.47 Å². The quantitative estimate of drug-likeness (QED) is 0.416. The van der Waals surface area contributed by atoms with Gasteiger partial charge in [-0.1, -0.05) is 6.58 Å². The van der Waals surface area contributed by atoms with Crippen molar-refractivity contribution in [2.75, 3.05) is 46.4 Å². The summed E-state index contributed by atoms with van der Waals surface area (Å²) in [5.74, 6) is 1.29. The number of halogens is 1. The van der Waals surface area contributed by atoms with Gasteiger partial charge in [-0.05, 0) is 97.1 Å². The average molecular weight is 460 g/mol. The molecule has 2 fully saturated rings.